The topological polar surface area (TPSA) is 65.7 Å². The number of ether oxygens (including phenoxy) is 1. The standard InChI is InChI=1S/C23H32O5S/c1-8-26-22(21-10-9-11-27-21)14-28-29(24,25)23-19(16(4)5)12-18(15(2)3)13-20(23)17(6)7/h8-13,15-17,22H,1,14H2,2-7H3/t22-/m1/s1. The van der Waals surface area contributed by atoms with Crippen molar-refractivity contribution in [1.82, 2.24) is 0 Å². The highest BCUT2D eigenvalue weighted by Crippen LogP contribution is 2.36. The van der Waals surface area contributed by atoms with Crippen LogP contribution in [-0.4, -0.2) is 15.0 Å². The van der Waals surface area contributed by atoms with Crippen LogP contribution < -0.4 is 0 Å². The van der Waals surface area contributed by atoms with E-state index in [-0.39, 0.29) is 23.3 Å². The van der Waals surface area contributed by atoms with E-state index < -0.39 is 16.2 Å². The predicted molar refractivity (Wildman–Crippen MR) is 115 cm³/mol. The van der Waals surface area contributed by atoms with E-state index >= 15 is 0 Å². The molecule has 5 nitrogen and oxygen atoms in total. The first-order chi connectivity index (χ1) is 13.6. The summed E-state index contributed by atoms with van der Waals surface area (Å²) in [5, 5.41) is 0. The number of furan rings is 1. The Labute approximate surface area is 174 Å². The molecule has 1 heterocycles. The van der Waals surface area contributed by atoms with E-state index in [2.05, 4.69) is 20.4 Å². The third-order valence-corrected chi connectivity index (χ3v) is 6.24. The summed E-state index contributed by atoms with van der Waals surface area (Å²) < 4.78 is 42.8. The zero-order chi connectivity index (χ0) is 21.8. The van der Waals surface area contributed by atoms with Crippen molar-refractivity contribution >= 4 is 10.1 Å². The van der Waals surface area contributed by atoms with Gasteiger partial charge in [0.05, 0.1) is 12.5 Å². The monoisotopic (exact) mass is 420 g/mol. The minimum Gasteiger partial charge on any atom is -0.488 e. The smallest absolute Gasteiger partial charge is 0.297 e. The quantitative estimate of drug-likeness (QED) is 0.335. The van der Waals surface area contributed by atoms with Crippen LogP contribution in [0.1, 0.15) is 87.9 Å². The lowest BCUT2D eigenvalue weighted by molar-refractivity contribution is 0.0740. The molecule has 1 aromatic heterocycles. The summed E-state index contributed by atoms with van der Waals surface area (Å²) in [6.07, 6.45) is 2.05. The molecule has 0 saturated carbocycles. The van der Waals surface area contributed by atoms with Gasteiger partial charge in [-0.05, 0) is 46.6 Å². The van der Waals surface area contributed by atoms with Crippen molar-refractivity contribution in [2.75, 3.05) is 6.61 Å². The molecule has 29 heavy (non-hydrogen) atoms. The molecule has 160 valence electrons. The summed E-state index contributed by atoms with van der Waals surface area (Å²) in [4.78, 5) is 0.267. The molecule has 0 aliphatic carbocycles. The Balaban J connectivity index is 2.48. The first kappa shape index (κ1) is 23.2. The Morgan fingerprint density at radius 3 is 2.03 bits per heavy atom. The molecule has 0 fully saturated rings. The Morgan fingerprint density at radius 2 is 1.62 bits per heavy atom. The highest BCUT2D eigenvalue weighted by Gasteiger charge is 2.29. The number of benzene rings is 1. The Bertz CT molecular complexity index is 880. The minimum absolute atomic E-state index is 0.0323. The van der Waals surface area contributed by atoms with Crippen LogP contribution in [0.25, 0.3) is 0 Å². The fourth-order valence-electron chi connectivity index (χ4n) is 3.17. The van der Waals surface area contributed by atoms with Crippen molar-refractivity contribution in [1.29, 1.82) is 0 Å². The second-order valence-electron chi connectivity index (χ2n) is 8.04. The normalized spacial score (nSPS) is 13.3. The predicted octanol–water partition coefficient (Wildman–Crippen LogP) is 6.26. The summed E-state index contributed by atoms with van der Waals surface area (Å²) in [6.45, 7) is 15.5. The summed E-state index contributed by atoms with van der Waals surface area (Å²) in [5.41, 5.74) is 2.68. The minimum atomic E-state index is -4.01. The van der Waals surface area contributed by atoms with Gasteiger partial charge in [-0.25, -0.2) is 0 Å². The first-order valence-electron chi connectivity index (χ1n) is 9.95. The van der Waals surface area contributed by atoms with Gasteiger partial charge in [0, 0.05) is 0 Å². The molecule has 0 aliphatic rings. The first-order valence-corrected chi connectivity index (χ1v) is 11.4. The van der Waals surface area contributed by atoms with Crippen LogP contribution in [0.4, 0.5) is 0 Å². The van der Waals surface area contributed by atoms with Gasteiger partial charge in [0.15, 0.2) is 6.10 Å². The van der Waals surface area contributed by atoms with E-state index in [0.717, 1.165) is 16.7 Å². The van der Waals surface area contributed by atoms with E-state index in [9.17, 15) is 8.42 Å². The molecule has 0 amide bonds. The van der Waals surface area contributed by atoms with E-state index in [1.165, 1.54) is 12.5 Å². The molecule has 0 aliphatic heterocycles. The summed E-state index contributed by atoms with van der Waals surface area (Å²) in [5.74, 6) is 0.838. The molecule has 6 heteroatoms. The average molecular weight is 421 g/mol. The van der Waals surface area contributed by atoms with Crippen molar-refractivity contribution in [2.45, 2.75) is 70.3 Å². The summed E-state index contributed by atoms with van der Waals surface area (Å²) >= 11 is 0. The van der Waals surface area contributed by atoms with Crippen molar-refractivity contribution in [3.05, 3.63) is 65.8 Å². The zero-order valence-corrected chi connectivity index (χ0v) is 19.0. The summed E-state index contributed by atoms with van der Waals surface area (Å²) in [7, 11) is -4.01. The molecule has 0 bridgehead atoms. The van der Waals surface area contributed by atoms with E-state index in [4.69, 9.17) is 13.3 Å². The molecular formula is C23H32O5S. The van der Waals surface area contributed by atoms with Crippen molar-refractivity contribution in [3.63, 3.8) is 0 Å². The van der Waals surface area contributed by atoms with Gasteiger partial charge in [0.25, 0.3) is 10.1 Å². The van der Waals surface area contributed by atoms with Gasteiger partial charge in [-0.2, -0.15) is 8.42 Å². The number of hydrogen-bond donors (Lipinski definition) is 0. The van der Waals surface area contributed by atoms with Crippen LogP contribution >= 0.6 is 0 Å². The van der Waals surface area contributed by atoms with E-state index in [0.29, 0.717) is 11.7 Å². The van der Waals surface area contributed by atoms with Crippen molar-refractivity contribution in [2.24, 2.45) is 0 Å². The van der Waals surface area contributed by atoms with Crippen LogP contribution in [0.5, 0.6) is 0 Å². The van der Waals surface area contributed by atoms with Gasteiger partial charge >= 0.3 is 0 Å². The maximum Gasteiger partial charge on any atom is 0.297 e. The highest BCUT2D eigenvalue weighted by atomic mass is 32.2. The zero-order valence-electron chi connectivity index (χ0n) is 18.1. The second kappa shape index (κ2) is 9.63. The van der Waals surface area contributed by atoms with Crippen LogP contribution in [0.2, 0.25) is 0 Å². The van der Waals surface area contributed by atoms with Gasteiger partial charge in [0.2, 0.25) is 0 Å². The third kappa shape index (κ3) is 5.52. The third-order valence-electron chi connectivity index (χ3n) is 4.82. The average Bonchev–Trinajstić information content (AvgIpc) is 3.18. The maximum atomic E-state index is 13.3. The fourth-order valence-corrected chi connectivity index (χ4v) is 4.75. The van der Waals surface area contributed by atoms with Crippen molar-refractivity contribution < 1.29 is 21.8 Å². The largest absolute Gasteiger partial charge is 0.488 e. The highest BCUT2D eigenvalue weighted by molar-refractivity contribution is 7.86. The van der Waals surface area contributed by atoms with E-state index in [1.54, 1.807) is 12.1 Å². The van der Waals surface area contributed by atoms with E-state index in [1.807, 2.05) is 39.8 Å². The van der Waals surface area contributed by atoms with Crippen LogP contribution in [0.15, 0.2) is 52.7 Å². The summed E-state index contributed by atoms with van der Waals surface area (Å²) in [6, 6.07) is 7.39. The van der Waals surface area contributed by atoms with Gasteiger partial charge in [-0.15, -0.1) is 0 Å². The molecule has 0 saturated heterocycles. The van der Waals surface area contributed by atoms with Crippen LogP contribution in [0.3, 0.4) is 0 Å². The van der Waals surface area contributed by atoms with Gasteiger partial charge in [-0.3, -0.25) is 4.18 Å². The molecule has 2 rings (SSSR count). The number of hydrogen-bond acceptors (Lipinski definition) is 5. The lowest BCUT2D eigenvalue weighted by Gasteiger charge is -2.23. The van der Waals surface area contributed by atoms with Crippen molar-refractivity contribution in [3.8, 4) is 0 Å². The molecule has 0 N–H and O–H groups in total. The van der Waals surface area contributed by atoms with Gasteiger partial charge in [-0.1, -0.05) is 60.3 Å². The SMILES string of the molecule is C=CO[C@H](COS(=O)(=O)c1c(C(C)C)cc(C(C)C)cc1C(C)C)c1ccco1. The molecule has 0 unspecified atom stereocenters. The molecular weight excluding hydrogens is 388 g/mol. The van der Waals surface area contributed by atoms with Crippen LogP contribution in [0, 0.1) is 0 Å². The molecule has 2 aromatic rings. The Morgan fingerprint density at radius 1 is 1.03 bits per heavy atom. The van der Waals surface area contributed by atoms with Crippen LogP contribution in [-0.2, 0) is 19.0 Å². The molecule has 0 radical (unpaired) electrons. The molecule has 1 aromatic carbocycles. The lowest BCUT2D eigenvalue weighted by Crippen LogP contribution is -2.18. The van der Waals surface area contributed by atoms with Gasteiger partial charge < -0.3 is 9.15 Å². The maximum absolute atomic E-state index is 13.3. The molecule has 1 atom stereocenters. The number of rotatable bonds is 10. The molecule has 0 spiro atoms. The fraction of sp³-hybridized carbons (Fsp3) is 0.478. The Kier molecular flexibility index (Phi) is 7.72. The Hall–Kier alpha value is -2.05. The lowest BCUT2D eigenvalue weighted by atomic mass is 9.89. The second-order valence-corrected chi connectivity index (χ2v) is 9.59. The van der Waals surface area contributed by atoms with Gasteiger partial charge in [0.1, 0.15) is 17.3 Å².